The number of anilines is 2. The largest absolute Gasteiger partial charge is 0.497 e. The van der Waals surface area contributed by atoms with Gasteiger partial charge in [0.05, 0.1) is 7.11 Å². The number of rotatable bonds is 6. The number of ether oxygens (including phenoxy) is 1. The van der Waals surface area contributed by atoms with Crippen LogP contribution in [0.15, 0.2) is 53.5 Å². The van der Waals surface area contributed by atoms with Gasteiger partial charge >= 0.3 is 0 Å². The van der Waals surface area contributed by atoms with Crippen molar-refractivity contribution >= 4 is 46.5 Å². The second-order valence-corrected chi connectivity index (χ2v) is 8.23. The van der Waals surface area contributed by atoms with Gasteiger partial charge in [0.25, 0.3) is 0 Å². The van der Waals surface area contributed by atoms with Gasteiger partial charge in [-0.05, 0) is 80.9 Å². The van der Waals surface area contributed by atoms with Crippen molar-refractivity contribution in [3.05, 3.63) is 76.1 Å². The van der Waals surface area contributed by atoms with E-state index in [9.17, 15) is 0 Å². The smallest absolute Gasteiger partial charge is 0.229 e. The van der Waals surface area contributed by atoms with Crippen molar-refractivity contribution in [2.45, 2.75) is 27.2 Å². The van der Waals surface area contributed by atoms with Gasteiger partial charge in [0, 0.05) is 28.6 Å². The van der Waals surface area contributed by atoms with E-state index < -0.39 is 0 Å². The summed E-state index contributed by atoms with van der Waals surface area (Å²) in [5.41, 5.74) is 4.60. The Bertz CT molecular complexity index is 1130. The lowest BCUT2D eigenvalue weighted by molar-refractivity contribution is 0.414. The molecule has 3 aromatic rings. The number of aromatic nitrogens is 2. The summed E-state index contributed by atoms with van der Waals surface area (Å²) in [5.74, 6) is 1.72. The predicted octanol–water partition coefficient (Wildman–Crippen LogP) is 5.06. The Balaban J connectivity index is 1.73. The molecule has 3 N–H and O–H groups in total. The minimum atomic E-state index is 0.375. The predicted molar refractivity (Wildman–Crippen MR) is 140 cm³/mol. The lowest BCUT2D eigenvalue weighted by Gasteiger charge is -2.16. The first-order chi connectivity index (χ1) is 15.8. The number of nitrogens with one attached hydrogen (secondary N) is 3. The van der Waals surface area contributed by atoms with Crippen LogP contribution in [0.5, 0.6) is 5.75 Å². The van der Waals surface area contributed by atoms with Crippen LogP contribution in [0.25, 0.3) is 0 Å². The standard InChI is InChI=1S/C24H27ClN6OS/c1-15-14-16(2)28-23(27-15)30-22(26-13-12-18-8-10-19(32-4)11-9-18)31-24(33)29-21-7-5-6-20(25)17(21)3/h5-11,14H,12-13H2,1-4H3,(H3,26,27,28,29,30,31,33). The highest BCUT2D eigenvalue weighted by molar-refractivity contribution is 7.80. The molecular weight excluding hydrogens is 456 g/mol. The van der Waals surface area contributed by atoms with Gasteiger partial charge in [0.2, 0.25) is 11.9 Å². The molecule has 1 heterocycles. The van der Waals surface area contributed by atoms with Crippen molar-refractivity contribution in [2.24, 2.45) is 4.99 Å². The molecule has 0 aliphatic heterocycles. The fourth-order valence-corrected chi connectivity index (χ4v) is 3.47. The highest BCUT2D eigenvalue weighted by Crippen LogP contribution is 2.22. The summed E-state index contributed by atoms with van der Waals surface area (Å²) >= 11 is 11.7. The van der Waals surface area contributed by atoms with Crippen molar-refractivity contribution < 1.29 is 4.74 Å². The van der Waals surface area contributed by atoms with Crippen molar-refractivity contribution in [1.29, 1.82) is 0 Å². The molecule has 0 spiro atoms. The number of aryl methyl sites for hydroxylation is 2. The molecule has 0 bridgehead atoms. The number of halogens is 1. The number of nitrogens with zero attached hydrogens (tertiary/aromatic N) is 3. The Morgan fingerprint density at radius 3 is 2.39 bits per heavy atom. The van der Waals surface area contributed by atoms with Crippen LogP contribution in [0.4, 0.5) is 11.6 Å². The Labute approximate surface area is 204 Å². The monoisotopic (exact) mass is 482 g/mol. The second-order valence-electron chi connectivity index (χ2n) is 7.42. The first-order valence-corrected chi connectivity index (χ1v) is 11.2. The molecule has 0 radical (unpaired) electrons. The van der Waals surface area contributed by atoms with Crippen molar-refractivity contribution in [3.8, 4) is 5.75 Å². The van der Waals surface area contributed by atoms with E-state index in [0.717, 1.165) is 40.4 Å². The third-order valence-corrected chi connectivity index (χ3v) is 5.40. The number of aliphatic imine (C=N–C) groups is 1. The fourth-order valence-electron chi connectivity index (χ4n) is 3.09. The molecule has 3 rings (SSSR count). The molecule has 9 heteroatoms. The lowest BCUT2D eigenvalue weighted by Crippen LogP contribution is -2.39. The van der Waals surface area contributed by atoms with Crippen LogP contribution in [0.2, 0.25) is 5.02 Å². The summed E-state index contributed by atoms with van der Waals surface area (Å²) in [6, 6.07) is 15.4. The van der Waals surface area contributed by atoms with Gasteiger partial charge in [-0.15, -0.1) is 0 Å². The van der Waals surface area contributed by atoms with Crippen LogP contribution in [-0.4, -0.2) is 34.7 Å². The zero-order chi connectivity index (χ0) is 23.8. The molecule has 33 heavy (non-hydrogen) atoms. The van der Waals surface area contributed by atoms with Gasteiger partial charge in [-0.25, -0.2) is 9.97 Å². The normalized spacial score (nSPS) is 11.1. The molecule has 2 aromatic carbocycles. The molecule has 0 saturated carbocycles. The zero-order valence-corrected chi connectivity index (χ0v) is 20.6. The summed E-state index contributed by atoms with van der Waals surface area (Å²) in [6.45, 7) is 6.30. The summed E-state index contributed by atoms with van der Waals surface area (Å²) < 4.78 is 5.21. The van der Waals surface area contributed by atoms with Crippen LogP contribution >= 0.6 is 23.8 Å². The van der Waals surface area contributed by atoms with Gasteiger partial charge in [0.1, 0.15) is 5.75 Å². The first-order valence-electron chi connectivity index (χ1n) is 10.4. The minimum Gasteiger partial charge on any atom is -0.497 e. The van der Waals surface area contributed by atoms with Crippen LogP contribution in [0.1, 0.15) is 22.5 Å². The summed E-state index contributed by atoms with van der Waals surface area (Å²) in [5, 5.41) is 10.5. The number of hydrogen-bond donors (Lipinski definition) is 3. The van der Waals surface area contributed by atoms with Gasteiger partial charge in [-0.1, -0.05) is 29.8 Å². The number of guanidine groups is 1. The molecule has 7 nitrogen and oxygen atoms in total. The quantitative estimate of drug-likeness (QED) is 0.257. The van der Waals surface area contributed by atoms with Gasteiger partial charge in [-0.2, -0.15) is 0 Å². The zero-order valence-electron chi connectivity index (χ0n) is 19.1. The van der Waals surface area contributed by atoms with Crippen molar-refractivity contribution in [2.75, 3.05) is 24.3 Å². The van der Waals surface area contributed by atoms with Crippen molar-refractivity contribution in [3.63, 3.8) is 0 Å². The van der Waals surface area contributed by atoms with Gasteiger partial charge in [0.15, 0.2) is 5.11 Å². The lowest BCUT2D eigenvalue weighted by atomic mass is 10.1. The van der Waals surface area contributed by atoms with E-state index >= 15 is 0 Å². The molecule has 0 unspecified atom stereocenters. The SMILES string of the molecule is COc1ccc(CCN=C(NC(=S)Nc2cccc(Cl)c2C)Nc2nc(C)cc(C)n2)cc1. The van der Waals surface area contributed by atoms with E-state index in [1.807, 2.05) is 69.3 Å². The molecule has 0 aliphatic carbocycles. The van der Waals surface area contributed by atoms with E-state index in [2.05, 4.69) is 30.9 Å². The van der Waals surface area contributed by atoms with E-state index in [1.165, 1.54) is 0 Å². The molecule has 0 atom stereocenters. The molecule has 0 aliphatic rings. The molecule has 172 valence electrons. The van der Waals surface area contributed by atoms with Crippen LogP contribution in [-0.2, 0) is 6.42 Å². The summed E-state index contributed by atoms with van der Waals surface area (Å²) in [4.78, 5) is 13.5. The van der Waals surface area contributed by atoms with Crippen LogP contribution < -0.4 is 20.7 Å². The Morgan fingerprint density at radius 2 is 1.73 bits per heavy atom. The number of thiocarbonyl (C=S) groups is 1. The maximum Gasteiger partial charge on any atom is 0.229 e. The number of methoxy groups -OCH3 is 1. The molecule has 1 aromatic heterocycles. The summed E-state index contributed by atoms with van der Waals surface area (Å²) in [6.07, 6.45) is 0.748. The van der Waals surface area contributed by atoms with Crippen LogP contribution in [0, 0.1) is 20.8 Å². The van der Waals surface area contributed by atoms with E-state index in [4.69, 9.17) is 28.6 Å². The topological polar surface area (TPSA) is 83.5 Å². The Morgan fingerprint density at radius 1 is 1.03 bits per heavy atom. The molecule has 0 fully saturated rings. The van der Waals surface area contributed by atoms with E-state index in [-0.39, 0.29) is 0 Å². The highest BCUT2D eigenvalue weighted by Gasteiger charge is 2.09. The van der Waals surface area contributed by atoms with Crippen molar-refractivity contribution in [1.82, 2.24) is 15.3 Å². The fraction of sp³-hybridized carbons (Fsp3) is 0.250. The highest BCUT2D eigenvalue weighted by atomic mass is 35.5. The summed E-state index contributed by atoms with van der Waals surface area (Å²) in [7, 11) is 1.65. The third-order valence-electron chi connectivity index (χ3n) is 4.79. The molecule has 0 saturated heterocycles. The number of benzene rings is 2. The average molecular weight is 483 g/mol. The third kappa shape index (κ3) is 7.40. The van der Waals surface area contributed by atoms with E-state index in [0.29, 0.717) is 28.6 Å². The number of hydrogen-bond acceptors (Lipinski definition) is 5. The second kappa shape index (κ2) is 11.6. The Hall–Kier alpha value is -3.23. The molecular formula is C24H27ClN6OS. The van der Waals surface area contributed by atoms with Crippen LogP contribution in [0.3, 0.4) is 0 Å². The van der Waals surface area contributed by atoms with Gasteiger partial charge in [-0.3, -0.25) is 10.3 Å². The minimum absolute atomic E-state index is 0.375. The van der Waals surface area contributed by atoms with E-state index in [1.54, 1.807) is 7.11 Å². The average Bonchev–Trinajstić information content (AvgIpc) is 2.76. The maximum atomic E-state index is 6.22. The first kappa shape index (κ1) is 24.4. The molecule has 0 amide bonds. The van der Waals surface area contributed by atoms with Gasteiger partial charge < -0.3 is 15.4 Å². The Kier molecular flexibility index (Phi) is 8.57. The maximum absolute atomic E-state index is 6.22.